The van der Waals surface area contributed by atoms with Crippen LogP contribution in [-0.4, -0.2) is 21.7 Å². The number of carbonyl (C=O) groups excluding carboxylic acids is 1. The van der Waals surface area contributed by atoms with E-state index in [9.17, 15) is 9.18 Å². The predicted molar refractivity (Wildman–Crippen MR) is 114 cm³/mol. The third-order valence-corrected chi connectivity index (χ3v) is 6.06. The van der Waals surface area contributed by atoms with Crippen molar-refractivity contribution in [1.29, 1.82) is 0 Å². The van der Waals surface area contributed by atoms with Gasteiger partial charge in [0.25, 0.3) is 5.91 Å². The minimum atomic E-state index is -0.755. The fraction of sp³-hybridized carbons (Fsp3) is 0.478. The Hall–Kier alpha value is -2.63. The molecular weight excluding hydrogens is 367 g/mol. The van der Waals surface area contributed by atoms with Gasteiger partial charge >= 0.3 is 0 Å². The minimum Gasteiger partial charge on any atom is -0.382 e. The number of amides is 1. The van der Waals surface area contributed by atoms with Crippen molar-refractivity contribution >= 4 is 17.7 Å². The Balaban J connectivity index is 1.80. The molecule has 1 fully saturated rings. The molecule has 0 aliphatic heterocycles. The van der Waals surface area contributed by atoms with Gasteiger partial charge in [-0.3, -0.25) is 4.79 Å². The van der Waals surface area contributed by atoms with Gasteiger partial charge in [0, 0.05) is 17.7 Å². The van der Waals surface area contributed by atoms with E-state index in [1.807, 2.05) is 17.7 Å². The lowest BCUT2D eigenvalue weighted by Gasteiger charge is -2.26. The zero-order chi connectivity index (χ0) is 20.8. The maximum Gasteiger partial charge on any atom is 0.253 e. The van der Waals surface area contributed by atoms with Crippen molar-refractivity contribution in [2.45, 2.75) is 65.3 Å². The minimum absolute atomic E-state index is 0.00606. The van der Waals surface area contributed by atoms with Crippen LogP contribution in [0.5, 0.6) is 0 Å². The molecule has 0 saturated heterocycles. The van der Waals surface area contributed by atoms with E-state index in [2.05, 4.69) is 36.4 Å². The number of halogens is 1. The average molecular weight is 397 g/mol. The fourth-order valence-corrected chi connectivity index (χ4v) is 4.53. The number of carbonyl (C=O) groups is 1. The maximum absolute atomic E-state index is 15.0. The molecule has 4 rings (SSSR count). The van der Waals surface area contributed by atoms with Gasteiger partial charge in [-0.15, -0.1) is 0 Å². The number of hydrogen-bond donors (Lipinski definition) is 2. The van der Waals surface area contributed by atoms with Crippen LogP contribution in [-0.2, 0) is 6.42 Å². The zero-order valence-electron chi connectivity index (χ0n) is 17.4. The Morgan fingerprint density at radius 1 is 1.28 bits per heavy atom. The highest BCUT2D eigenvalue weighted by Crippen LogP contribution is 2.35. The molecule has 1 saturated carbocycles. The molecule has 0 atom stereocenters. The monoisotopic (exact) mass is 396 g/mol. The number of nitrogens with zero attached hydrogens (tertiary/aromatic N) is 2. The first-order valence-corrected chi connectivity index (χ1v) is 10.4. The van der Waals surface area contributed by atoms with Crippen LogP contribution in [0, 0.1) is 18.2 Å². The Morgan fingerprint density at radius 2 is 2.00 bits per heavy atom. The van der Waals surface area contributed by atoms with E-state index in [0.717, 1.165) is 49.1 Å². The van der Waals surface area contributed by atoms with Crippen molar-refractivity contribution in [3.8, 4) is 5.69 Å². The average Bonchev–Trinajstić information content (AvgIpc) is 2.96. The van der Waals surface area contributed by atoms with Crippen molar-refractivity contribution in [2.24, 2.45) is 11.1 Å². The molecule has 29 heavy (non-hydrogen) atoms. The zero-order valence-corrected chi connectivity index (χ0v) is 17.4. The first kappa shape index (κ1) is 19.7. The van der Waals surface area contributed by atoms with E-state index in [1.54, 1.807) is 0 Å². The molecule has 1 aromatic heterocycles. The second kappa shape index (κ2) is 7.32. The second-order valence-electron chi connectivity index (χ2n) is 9.05. The number of rotatable bonds is 4. The van der Waals surface area contributed by atoms with E-state index >= 15 is 0 Å². The van der Waals surface area contributed by atoms with E-state index in [-0.39, 0.29) is 17.0 Å². The first-order valence-electron chi connectivity index (χ1n) is 10.4. The van der Waals surface area contributed by atoms with E-state index in [0.29, 0.717) is 11.4 Å². The van der Waals surface area contributed by atoms with Gasteiger partial charge in [0.15, 0.2) is 0 Å². The van der Waals surface area contributed by atoms with Gasteiger partial charge in [-0.2, -0.15) is 5.10 Å². The van der Waals surface area contributed by atoms with Gasteiger partial charge in [-0.1, -0.05) is 45.3 Å². The van der Waals surface area contributed by atoms with Crippen LogP contribution in [0.25, 0.3) is 11.8 Å². The number of allylic oxidation sites excluding steroid dienone is 1. The molecule has 3 N–H and O–H groups in total. The number of hydrogen-bond acceptors (Lipinski definition) is 3. The molecule has 0 unspecified atom stereocenters. The summed E-state index contributed by atoms with van der Waals surface area (Å²) >= 11 is 0. The lowest BCUT2D eigenvalue weighted by molar-refractivity contribution is 0.0997. The molecule has 5 nitrogen and oxygen atoms in total. The molecule has 1 aromatic carbocycles. The van der Waals surface area contributed by atoms with Crippen LogP contribution in [0.1, 0.15) is 73.3 Å². The fourth-order valence-electron chi connectivity index (χ4n) is 4.53. The summed E-state index contributed by atoms with van der Waals surface area (Å²) in [5.74, 6) is -1.36. The number of nitrogens with two attached hydrogens (primary N) is 1. The summed E-state index contributed by atoms with van der Waals surface area (Å²) in [6.45, 7) is 6.31. The topological polar surface area (TPSA) is 72.9 Å². The number of primary amides is 1. The molecule has 1 amide bonds. The third kappa shape index (κ3) is 3.80. The smallest absolute Gasteiger partial charge is 0.253 e. The summed E-state index contributed by atoms with van der Waals surface area (Å²) in [4.78, 5) is 12.0. The number of aromatic nitrogens is 2. The van der Waals surface area contributed by atoms with Crippen molar-refractivity contribution < 1.29 is 9.18 Å². The molecule has 1 heterocycles. The Labute approximate surface area is 171 Å². The normalized spacial score (nSPS) is 18.5. The Kier molecular flexibility index (Phi) is 4.97. The maximum atomic E-state index is 15.0. The standard InChI is InChI=1S/C23H29FN4O/c1-14-17-9-10-23(2,3)13-20(17)28(27-14)16-11-18(24)21(22(25)29)19(12-16)26-15-7-5-4-6-8-15/h9-12,15,26H,4-8,13H2,1-3H3,(H2,25,29). The number of anilines is 1. The molecule has 2 aliphatic rings. The van der Waals surface area contributed by atoms with Crippen LogP contribution in [0.2, 0.25) is 0 Å². The third-order valence-electron chi connectivity index (χ3n) is 6.06. The summed E-state index contributed by atoms with van der Waals surface area (Å²) in [6, 6.07) is 3.41. The molecule has 2 aliphatic carbocycles. The lowest BCUT2D eigenvalue weighted by atomic mass is 9.82. The van der Waals surface area contributed by atoms with Crippen molar-refractivity contribution in [1.82, 2.24) is 9.78 Å². The lowest BCUT2D eigenvalue weighted by Crippen LogP contribution is -2.25. The van der Waals surface area contributed by atoms with E-state index in [1.165, 1.54) is 12.5 Å². The SMILES string of the molecule is Cc1nn(-c2cc(F)c(C(N)=O)c(NC3CCCCC3)c2)c2c1C=CC(C)(C)C2. The van der Waals surface area contributed by atoms with Crippen LogP contribution in [0.3, 0.4) is 0 Å². The van der Waals surface area contributed by atoms with Gasteiger partial charge in [0.2, 0.25) is 0 Å². The highest BCUT2D eigenvalue weighted by Gasteiger charge is 2.28. The summed E-state index contributed by atoms with van der Waals surface area (Å²) in [7, 11) is 0. The van der Waals surface area contributed by atoms with Crippen molar-refractivity contribution in [3.05, 3.63) is 46.5 Å². The molecule has 0 bridgehead atoms. The quantitative estimate of drug-likeness (QED) is 0.783. The van der Waals surface area contributed by atoms with Crippen LogP contribution in [0.15, 0.2) is 18.2 Å². The summed E-state index contributed by atoms with van der Waals surface area (Å²) in [6.07, 6.45) is 10.6. The second-order valence-corrected chi connectivity index (χ2v) is 9.05. The number of benzene rings is 1. The number of nitrogens with one attached hydrogen (secondary N) is 1. The van der Waals surface area contributed by atoms with Gasteiger partial charge < -0.3 is 11.1 Å². The summed E-state index contributed by atoms with van der Waals surface area (Å²) < 4.78 is 16.8. The van der Waals surface area contributed by atoms with Crippen molar-refractivity contribution in [2.75, 3.05) is 5.32 Å². The molecular formula is C23H29FN4O. The summed E-state index contributed by atoms with van der Waals surface area (Å²) in [5.41, 5.74) is 9.58. The molecule has 6 heteroatoms. The highest BCUT2D eigenvalue weighted by atomic mass is 19.1. The Morgan fingerprint density at radius 3 is 2.69 bits per heavy atom. The predicted octanol–water partition coefficient (Wildman–Crippen LogP) is 4.76. The number of fused-ring (bicyclic) bond motifs is 1. The van der Waals surface area contributed by atoms with Gasteiger partial charge in [0.05, 0.1) is 28.3 Å². The van der Waals surface area contributed by atoms with E-state index in [4.69, 9.17) is 5.73 Å². The largest absolute Gasteiger partial charge is 0.382 e. The molecule has 0 spiro atoms. The van der Waals surface area contributed by atoms with Gasteiger partial charge in [-0.25, -0.2) is 9.07 Å². The number of aryl methyl sites for hydroxylation is 1. The molecule has 2 aromatic rings. The van der Waals surface area contributed by atoms with Crippen LogP contribution >= 0.6 is 0 Å². The van der Waals surface area contributed by atoms with Gasteiger partial charge in [0.1, 0.15) is 5.82 Å². The Bertz CT molecular complexity index is 983. The molecule has 154 valence electrons. The summed E-state index contributed by atoms with van der Waals surface area (Å²) in [5, 5.41) is 8.08. The van der Waals surface area contributed by atoms with Gasteiger partial charge in [-0.05, 0) is 37.7 Å². The van der Waals surface area contributed by atoms with Crippen LogP contribution in [0.4, 0.5) is 10.1 Å². The van der Waals surface area contributed by atoms with E-state index < -0.39 is 11.7 Å². The highest BCUT2D eigenvalue weighted by molar-refractivity contribution is 5.99. The first-order chi connectivity index (χ1) is 13.7. The van der Waals surface area contributed by atoms with Crippen molar-refractivity contribution in [3.63, 3.8) is 0 Å². The van der Waals surface area contributed by atoms with Crippen LogP contribution < -0.4 is 11.1 Å². The molecule has 0 radical (unpaired) electrons.